The highest BCUT2D eigenvalue weighted by Gasteiger charge is 2.53. The van der Waals surface area contributed by atoms with Gasteiger partial charge >= 0.3 is 0 Å². The molecule has 0 bridgehead atoms. The van der Waals surface area contributed by atoms with Crippen LogP contribution in [-0.2, 0) is 5.54 Å². The summed E-state index contributed by atoms with van der Waals surface area (Å²) in [4.78, 5) is 4.84. The Morgan fingerprint density at radius 1 is 1.08 bits per heavy atom. The van der Waals surface area contributed by atoms with E-state index in [1.807, 2.05) is 0 Å². The van der Waals surface area contributed by atoms with E-state index < -0.39 is 6.35 Å². The Bertz CT molecular complexity index is 618. The maximum absolute atomic E-state index is 10.7. The normalized spacial score (nSPS) is 37.2. The first-order valence-corrected chi connectivity index (χ1v) is 10.3. The third-order valence-corrected chi connectivity index (χ3v) is 7.81. The van der Waals surface area contributed by atoms with Crippen molar-refractivity contribution in [3.63, 3.8) is 0 Å². The highest BCUT2D eigenvalue weighted by molar-refractivity contribution is 5.26. The van der Waals surface area contributed by atoms with Gasteiger partial charge in [0.1, 0.15) is 0 Å². The molecule has 4 nitrogen and oxygen atoms in total. The van der Waals surface area contributed by atoms with Crippen molar-refractivity contribution in [1.29, 1.82) is 0 Å². The van der Waals surface area contributed by atoms with Gasteiger partial charge in [0.2, 0.25) is 0 Å². The Morgan fingerprint density at radius 3 is 2.27 bits per heavy atom. The average Bonchev–Trinajstić information content (AvgIpc) is 2.91. The first-order valence-electron chi connectivity index (χ1n) is 10.3. The summed E-state index contributed by atoms with van der Waals surface area (Å²) in [6.07, 6.45) is 8.04. The van der Waals surface area contributed by atoms with Crippen LogP contribution in [0.3, 0.4) is 0 Å². The fourth-order valence-electron chi connectivity index (χ4n) is 5.69. The lowest BCUT2D eigenvalue weighted by Gasteiger charge is -2.53. The molecular formula is C22H35N3O. The van der Waals surface area contributed by atoms with Crippen molar-refractivity contribution in [2.75, 3.05) is 27.2 Å². The van der Waals surface area contributed by atoms with Crippen LogP contribution in [0.5, 0.6) is 0 Å². The number of nitrogens with zero attached hydrogens (tertiary/aromatic N) is 2. The van der Waals surface area contributed by atoms with E-state index >= 15 is 0 Å². The molecule has 0 radical (unpaired) electrons. The molecule has 1 atom stereocenters. The molecule has 2 saturated carbocycles. The lowest BCUT2D eigenvalue weighted by Crippen LogP contribution is -2.58. The lowest BCUT2D eigenvalue weighted by molar-refractivity contribution is -0.0876. The molecule has 1 saturated heterocycles. The van der Waals surface area contributed by atoms with E-state index in [1.54, 1.807) is 0 Å². The van der Waals surface area contributed by atoms with Crippen molar-refractivity contribution in [3.05, 3.63) is 35.9 Å². The predicted molar refractivity (Wildman–Crippen MR) is 106 cm³/mol. The second-order valence-electron chi connectivity index (χ2n) is 9.56. The van der Waals surface area contributed by atoms with E-state index in [9.17, 15) is 5.11 Å². The summed E-state index contributed by atoms with van der Waals surface area (Å²) < 4.78 is 0. The van der Waals surface area contributed by atoms with Crippen LogP contribution in [0.2, 0.25) is 0 Å². The van der Waals surface area contributed by atoms with Crippen molar-refractivity contribution in [3.8, 4) is 0 Å². The zero-order valence-corrected chi connectivity index (χ0v) is 16.7. The fraction of sp³-hybridized carbons (Fsp3) is 0.727. The third-order valence-electron chi connectivity index (χ3n) is 7.81. The van der Waals surface area contributed by atoms with Crippen molar-refractivity contribution < 1.29 is 5.11 Å². The van der Waals surface area contributed by atoms with Gasteiger partial charge in [-0.1, -0.05) is 43.7 Å². The maximum atomic E-state index is 10.7. The Balaban J connectivity index is 1.55. The highest BCUT2D eigenvalue weighted by Crippen LogP contribution is 2.50. The predicted octanol–water partition coefficient (Wildman–Crippen LogP) is 3.13. The number of rotatable bonds is 4. The van der Waals surface area contributed by atoms with E-state index in [2.05, 4.69) is 66.5 Å². The monoisotopic (exact) mass is 357 g/mol. The van der Waals surface area contributed by atoms with Gasteiger partial charge in [0.25, 0.3) is 0 Å². The quantitative estimate of drug-likeness (QED) is 0.868. The van der Waals surface area contributed by atoms with Crippen molar-refractivity contribution in [2.24, 2.45) is 5.41 Å². The minimum Gasteiger partial charge on any atom is -0.365 e. The third kappa shape index (κ3) is 2.91. The fourth-order valence-corrected chi connectivity index (χ4v) is 5.69. The lowest BCUT2D eigenvalue weighted by atomic mass is 9.66. The summed E-state index contributed by atoms with van der Waals surface area (Å²) in [5.74, 6) is 0. The molecule has 0 amide bonds. The van der Waals surface area contributed by atoms with Crippen LogP contribution in [-0.4, -0.2) is 54.0 Å². The number of hydrogen-bond acceptors (Lipinski definition) is 4. The van der Waals surface area contributed by atoms with Gasteiger partial charge in [-0.15, -0.1) is 0 Å². The second-order valence-corrected chi connectivity index (χ2v) is 9.56. The molecule has 2 aliphatic carbocycles. The molecule has 1 aromatic rings. The van der Waals surface area contributed by atoms with Gasteiger partial charge in [0.05, 0.1) is 0 Å². The molecule has 3 aliphatic rings. The van der Waals surface area contributed by atoms with Gasteiger partial charge in [0.15, 0.2) is 6.35 Å². The molecule has 1 spiro atoms. The van der Waals surface area contributed by atoms with Crippen molar-refractivity contribution in [1.82, 2.24) is 15.1 Å². The number of nitrogens with one attached hydrogen (secondary N) is 1. The Kier molecular flexibility index (Phi) is 4.67. The molecule has 4 heteroatoms. The summed E-state index contributed by atoms with van der Waals surface area (Å²) >= 11 is 0. The topological polar surface area (TPSA) is 38.7 Å². The van der Waals surface area contributed by atoms with E-state index in [0.717, 1.165) is 38.8 Å². The van der Waals surface area contributed by atoms with Gasteiger partial charge in [-0.05, 0) is 63.6 Å². The molecule has 1 aromatic carbocycles. The number of aliphatic hydroxyl groups is 1. The number of benzene rings is 1. The molecular weight excluding hydrogens is 322 g/mol. The van der Waals surface area contributed by atoms with Crippen molar-refractivity contribution in [2.45, 2.75) is 69.3 Å². The van der Waals surface area contributed by atoms with Gasteiger partial charge in [-0.3, -0.25) is 15.1 Å². The summed E-state index contributed by atoms with van der Waals surface area (Å²) in [6.45, 7) is 4.34. The second kappa shape index (κ2) is 6.59. The highest BCUT2D eigenvalue weighted by atomic mass is 16.3. The van der Waals surface area contributed by atoms with Gasteiger partial charge in [-0.2, -0.15) is 0 Å². The number of aliphatic hydroxyl groups excluding tert-OH is 1. The molecule has 26 heavy (non-hydrogen) atoms. The first kappa shape index (κ1) is 18.4. The van der Waals surface area contributed by atoms with E-state index in [0.29, 0.717) is 5.41 Å². The molecule has 1 heterocycles. The van der Waals surface area contributed by atoms with E-state index in [1.165, 1.54) is 24.8 Å². The van der Waals surface area contributed by atoms with Crippen LogP contribution >= 0.6 is 0 Å². The zero-order chi connectivity index (χ0) is 18.4. The van der Waals surface area contributed by atoms with Crippen LogP contribution < -0.4 is 5.32 Å². The minimum absolute atomic E-state index is 0.117. The van der Waals surface area contributed by atoms with Gasteiger partial charge < -0.3 is 5.11 Å². The molecule has 0 aromatic heterocycles. The molecule has 144 valence electrons. The summed E-state index contributed by atoms with van der Waals surface area (Å²) in [5, 5.41) is 14.0. The van der Waals surface area contributed by atoms with Crippen molar-refractivity contribution >= 4 is 0 Å². The Hall–Kier alpha value is -0.940. The first-order chi connectivity index (χ1) is 12.4. The molecule has 3 fully saturated rings. The average molecular weight is 358 g/mol. The zero-order valence-electron chi connectivity index (χ0n) is 16.7. The molecule has 4 rings (SSSR count). The molecule has 1 unspecified atom stereocenters. The smallest absolute Gasteiger partial charge is 0.163 e. The van der Waals surface area contributed by atoms with Crippen LogP contribution in [0.25, 0.3) is 0 Å². The maximum Gasteiger partial charge on any atom is 0.163 e. The van der Waals surface area contributed by atoms with Crippen LogP contribution in [0, 0.1) is 5.41 Å². The Morgan fingerprint density at radius 2 is 1.73 bits per heavy atom. The van der Waals surface area contributed by atoms with Crippen LogP contribution in [0.1, 0.15) is 57.4 Å². The van der Waals surface area contributed by atoms with Crippen LogP contribution in [0.4, 0.5) is 0 Å². The Labute approximate surface area is 158 Å². The molecule has 1 aliphatic heterocycles. The summed E-state index contributed by atoms with van der Waals surface area (Å²) in [7, 11) is 4.44. The summed E-state index contributed by atoms with van der Waals surface area (Å²) in [6, 6.07) is 11.0. The number of hydrogen-bond donors (Lipinski definition) is 2. The van der Waals surface area contributed by atoms with Gasteiger partial charge in [0, 0.05) is 24.2 Å². The minimum atomic E-state index is -0.476. The van der Waals surface area contributed by atoms with E-state index in [-0.39, 0.29) is 11.1 Å². The van der Waals surface area contributed by atoms with Crippen LogP contribution in [0.15, 0.2) is 30.3 Å². The SMILES string of the molecule is CN(C)[C@]1(c2ccccc2)CC[C@]2(CC1)CNC(O)N2CC1(C)CCC1. The van der Waals surface area contributed by atoms with E-state index in [4.69, 9.17) is 0 Å². The standard InChI is InChI=1S/C22H35N3O/c1-20(10-7-11-20)17-25-19(26)23-16-21(25)12-14-22(15-13-21,24(2)3)18-8-5-4-6-9-18/h4-6,8-9,19,23,26H,7,10-17H2,1-3H3/t19?,21-,22+. The molecule has 2 N–H and O–H groups in total. The largest absolute Gasteiger partial charge is 0.365 e. The van der Waals surface area contributed by atoms with Gasteiger partial charge in [-0.25, -0.2) is 0 Å². The summed E-state index contributed by atoms with van der Waals surface area (Å²) in [5.41, 5.74) is 2.07.